The SMILES string of the molecule is COCCN(CCC(=O)OC)C(=O)NCC[C@H](O)C(=O)O. The summed E-state index contributed by atoms with van der Waals surface area (Å²) in [5.41, 5.74) is 0. The van der Waals surface area contributed by atoms with Crippen molar-refractivity contribution in [3.8, 4) is 0 Å². The number of ether oxygens (including phenoxy) is 2. The minimum atomic E-state index is -1.52. The molecule has 9 heteroatoms. The van der Waals surface area contributed by atoms with Gasteiger partial charge in [0.1, 0.15) is 0 Å². The van der Waals surface area contributed by atoms with Gasteiger partial charge in [0, 0.05) is 33.2 Å². The van der Waals surface area contributed by atoms with Crippen molar-refractivity contribution in [1.82, 2.24) is 10.2 Å². The van der Waals surface area contributed by atoms with E-state index in [-0.39, 0.29) is 32.5 Å². The van der Waals surface area contributed by atoms with Gasteiger partial charge in [-0.3, -0.25) is 4.79 Å². The summed E-state index contributed by atoms with van der Waals surface area (Å²) in [6, 6.07) is -0.464. The van der Waals surface area contributed by atoms with Gasteiger partial charge in [0.25, 0.3) is 0 Å². The molecule has 0 aromatic heterocycles. The van der Waals surface area contributed by atoms with Gasteiger partial charge in [-0.05, 0) is 0 Å². The van der Waals surface area contributed by atoms with E-state index >= 15 is 0 Å². The molecule has 1 atom stereocenters. The maximum atomic E-state index is 11.9. The van der Waals surface area contributed by atoms with E-state index in [0.717, 1.165) is 0 Å². The summed E-state index contributed by atoms with van der Waals surface area (Å²) in [5.74, 6) is -1.78. The lowest BCUT2D eigenvalue weighted by Crippen LogP contribution is -2.43. The van der Waals surface area contributed by atoms with E-state index in [1.54, 1.807) is 0 Å². The maximum absolute atomic E-state index is 11.9. The largest absolute Gasteiger partial charge is 0.479 e. The second kappa shape index (κ2) is 10.9. The van der Waals surface area contributed by atoms with Crippen LogP contribution in [0.15, 0.2) is 0 Å². The zero-order chi connectivity index (χ0) is 16.3. The topological polar surface area (TPSA) is 125 Å². The summed E-state index contributed by atoms with van der Waals surface area (Å²) in [4.78, 5) is 34.7. The van der Waals surface area contributed by atoms with Gasteiger partial charge in [-0.25, -0.2) is 9.59 Å². The minimum Gasteiger partial charge on any atom is -0.479 e. The van der Waals surface area contributed by atoms with Gasteiger partial charge >= 0.3 is 18.0 Å². The number of hydrogen-bond donors (Lipinski definition) is 3. The molecule has 0 aliphatic rings. The first-order valence-electron chi connectivity index (χ1n) is 6.41. The molecule has 9 nitrogen and oxygen atoms in total. The molecule has 0 aromatic rings. The fourth-order valence-electron chi connectivity index (χ4n) is 1.40. The van der Waals surface area contributed by atoms with Gasteiger partial charge in [0.15, 0.2) is 6.10 Å². The number of aliphatic hydroxyl groups excluding tert-OH is 1. The lowest BCUT2D eigenvalue weighted by Gasteiger charge is -2.22. The quantitative estimate of drug-likeness (QED) is 0.444. The van der Waals surface area contributed by atoms with Crippen LogP contribution in [0, 0.1) is 0 Å². The van der Waals surface area contributed by atoms with Crippen molar-refractivity contribution in [1.29, 1.82) is 0 Å². The number of carbonyl (C=O) groups is 3. The smallest absolute Gasteiger partial charge is 0.332 e. The molecular formula is C12H22N2O7. The summed E-state index contributed by atoms with van der Waals surface area (Å²) < 4.78 is 9.37. The predicted octanol–water partition coefficient (Wildman–Crippen LogP) is -0.957. The van der Waals surface area contributed by atoms with Gasteiger partial charge in [-0.2, -0.15) is 0 Å². The van der Waals surface area contributed by atoms with Gasteiger partial charge in [0.05, 0.1) is 20.1 Å². The maximum Gasteiger partial charge on any atom is 0.332 e. The molecule has 0 rings (SSSR count). The molecule has 0 fully saturated rings. The van der Waals surface area contributed by atoms with Crippen molar-refractivity contribution < 1.29 is 34.1 Å². The Morgan fingerprint density at radius 3 is 2.43 bits per heavy atom. The molecule has 0 aliphatic carbocycles. The number of rotatable bonds is 10. The zero-order valence-electron chi connectivity index (χ0n) is 12.2. The van der Waals surface area contributed by atoms with Crippen LogP contribution in [0.4, 0.5) is 4.79 Å². The third-order valence-electron chi connectivity index (χ3n) is 2.65. The molecule has 0 unspecified atom stereocenters. The van der Waals surface area contributed by atoms with Gasteiger partial charge in [0.2, 0.25) is 0 Å². The number of nitrogens with zero attached hydrogens (tertiary/aromatic N) is 1. The second-order valence-corrected chi connectivity index (χ2v) is 4.18. The van der Waals surface area contributed by atoms with Crippen LogP contribution in [0.3, 0.4) is 0 Å². The van der Waals surface area contributed by atoms with Crippen molar-refractivity contribution >= 4 is 18.0 Å². The molecule has 3 N–H and O–H groups in total. The van der Waals surface area contributed by atoms with E-state index in [9.17, 15) is 14.4 Å². The van der Waals surface area contributed by atoms with E-state index in [4.69, 9.17) is 14.9 Å². The van der Waals surface area contributed by atoms with Crippen molar-refractivity contribution in [2.45, 2.75) is 18.9 Å². The fraction of sp³-hybridized carbons (Fsp3) is 0.750. The first-order chi connectivity index (χ1) is 9.92. The molecule has 0 bridgehead atoms. The van der Waals surface area contributed by atoms with Crippen LogP contribution in [0.25, 0.3) is 0 Å². The van der Waals surface area contributed by atoms with Crippen molar-refractivity contribution in [2.24, 2.45) is 0 Å². The lowest BCUT2D eigenvalue weighted by molar-refractivity contribution is -0.146. The van der Waals surface area contributed by atoms with E-state index in [0.29, 0.717) is 6.61 Å². The Bertz CT molecular complexity index is 348. The van der Waals surface area contributed by atoms with Crippen molar-refractivity contribution in [2.75, 3.05) is 40.5 Å². The third-order valence-corrected chi connectivity index (χ3v) is 2.65. The first-order valence-corrected chi connectivity index (χ1v) is 6.41. The molecule has 2 amide bonds. The summed E-state index contributed by atoms with van der Waals surface area (Å²) in [6.45, 7) is 0.741. The van der Waals surface area contributed by atoms with Crippen molar-refractivity contribution in [3.63, 3.8) is 0 Å². The number of nitrogens with one attached hydrogen (secondary N) is 1. The molecule has 0 aromatic carbocycles. The van der Waals surface area contributed by atoms with Crippen LogP contribution >= 0.6 is 0 Å². The van der Waals surface area contributed by atoms with Gasteiger partial charge < -0.3 is 29.9 Å². The highest BCUT2D eigenvalue weighted by Gasteiger charge is 2.17. The number of esters is 1. The van der Waals surface area contributed by atoms with Crippen LogP contribution in [0.2, 0.25) is 0 Å². The first kappa shape index (κ1) is 19.1. The average Bonchev–Trinajstić information content (AvgIpc) is 2.46. The van der Waals surface area contributed by atoms with E-state index in [1.165, 1.54) is 19.1 Å². The summed E-state index contributed by atoms with van der Waals surface area (Å²) in [7, 11) is 2.74. The summed E-state index contributed by atoms with van der Waals surface area (Å²) in [5, 5.41) is 20.1. The third kappa shape index (κ3) is 8.82. The number of hydrogen-bond acceptors (Lipinski definition) is 6. The Morgan fingerprint density at radius 2 is 1.90 bits per heavy atom. The highest BCUT2D eigenvalue weighted by atomic mass is 16.5. The Morgan fingerprint density at radius 1 is 1.24 bits per heavy atom. The zero-order valence-corrected chi connectivity index (χ0v) is 12.2. The lowest BCUT2D eigenvalue weighted by atomic mass is 10.2. The number of urea groups is 1. The summed E-state index contributed by atoms with van der Waals surface area (Å²) in [6.07, 6.45) is -1.57. The normalized spacial score (nSPS) is 11.6. The molecule has 0 saturated heterocycles. The van der Waals surface area contributed by atoms with Crippen LogP contribution in [0.1, 0.15) is 12.8 Å². The molecule has 0 saturated carbocycles. The van der Waals surface area contributed by atoms with E-state index < -0.39 is 24.1 Å². The number of aliphatic hydroxyl groups is 1. The molecule has 21 heavy (non-hydrogen) atoms. The van der Waals surface area contributed by atoms with Crippen molar-refractivity contribution in [3.05, 3.63) is 0 Å². The molecule has 0 spiro atoms. The summed E-state index contributed by atoms with van der Waals surface area (Å²) >= 11 is 0. The Labute approximate surface area is 122 Å². The average molecular weight is 306 g/mol. The molecule has 0 aliphatic heterocycles. The number of carboxylic acids is 1. The number of methoxy groups -OCH3 is 2. The van der Waals surface area contributed by atoms with Crippen LogP contribution in [0.5, 0.6) is 0 Å². The van der Waals surface area contributed by atoms with E-state index in [1.807, 2.05) is 0 Å². The number of carboxylic acid groups (broad SMARTS) is 1. The van der Waals surface area contributed by atoms with Gasteiger partial charge in [-0.1, -0.05) is 0 Å². The second-order valence-electron chi connectivity index (χ2n) is 4.18. The predicted molar refractivity (Wildman–Crippen MR) is 71.7 cm³/mol. The Hall–Kier alpha value is -1.87. The van der Waals surface area contributed by atoms with E-state index in [2.05, 4.69) is 10.1 Å². The Balaban J connectivity index is 4.23. The molecule has 122 valence electrons. The highest BCUT2D eigenvalue weighted by molar-refractivity contribution is 5.76. The molecule has 0 heterocycles. The number of amides is 2. The van der Waals surface area contributed by atoms with Gasteiger partial charge in [-0.15, -0.1) is 0 Å². The molecule has 0 radical (unpaired) electrons. The molecular weight excluding hydrogens is 284 g/mol. The monoisotopic (exact) mass is 306 g/mol. The standard InChI is InChI=1S/C12H22N2O7/c1-20-8-7-14(6-4-10(16)21-2)12(19)13-5-3-9(15)11(17)18/h9,15H,3-8H2,1-2H3,(H,13,19)(H,17,18)/t9-/m0/s1. The minimum absolute atomic E-state index is 0.00794. The van der Waals surface area contributed by atoms with Crippen LogP contribution < -0.4 is 5.32 Å². The fourth-order valence-corrected chi connectivity index (χ4v) is 1.40. The number of carbonyl (C=O) groups excluding carboxylic acids is 2. The van der Waals surface area contributed by atoms with Crippen LogP contribution in [-0.4, -0.2) is 79.6 Å². The Kier molecular flexibility index (Phi) is 9.90. The highest BCUT2D eigenvalue weighted by Crippen LogP contribution is 1.96. The number of aliphatic carboxylic acids is 1. The van der Waals surface area contributed by atoms with Crippen LogP contribution in [-0.2, 0) is 19.1 Å².